The summed E-state index contributed by atoms with van der Waals surface area (Å²) in [6.07, 6.45) is 17.5. The van der Waals surface area contributed by atoms with Crippen molar-refractivity contribution in [2.45, 2.75) is 87.4 Å². The Morgan fingerprint density at radius 3 is 1.22 bits per heavy atom. The maximum absolute atomic E-state index is 12.2. The minimum Gasteiger partial charge on any atom is -0.444 e. The Balaban J connectivity index is 0.000000129. The zero-order chi connectivity index (χ0) is 72.6. The summed E-state index contributed by atoms with van der Waals surface area (Å²) in [6.45, 7) is 21.4. The molecule has 0 saturated carbocycles. The highest BCUT2D eigenvalue weighted by atomic mass is 32.1. The van der Waals surface area contributed by atoms with E-state index in [2.05, 4.69) is 151 Å². The number of anilines is 4. The zero-order valence-corrected chi connectivity index (χ0v) is 63.1. The fourth-order valence-electron chi connectivity index (χ4n) is 10.6. The van der Waals surface area contributed by atoms with E-state index < -0.39 is 23.4 Å². The molecule has 5 N–H and O–H groups in total. The molecule has 15 rings (SSSR count). The molecule has 0 unspecified atom stereocenters. The number of ether oxygens (including phenoxy) is 2. The number of benzene rings is 5. The largest absolute Gasteiger partial charge is 0.444 e. The van der Waals surface area contributed by atoms with Crippen LogP contribution in [0.1, 0.15) is 69.4 Å². The molecule has 0 bridgehead atoms. The van der Waals surface area contributed by atoms with E-state index in [1.165, 1.54) is 93.9 Å². The van der Waals surface area contributed by atoms with Gasteiger partial charge in [0.15, 0.2) is 25.3 Å². The molecular weight excluding hydrogens is 1370 g/mol. The molecule has 5 aromatic carbocycles. The number of aryl methyl sites for hydroxylation is 6. The zero-order valence-electron chi connectivity index (χ0n) is 59.0. The van der Waals surface area contributed by atoms with Crippen molar-refractivity contribution in [3.63, 3.8) is 0 Å². The average Bonchev–Trinajstić information content (AvgIpc) is 1.70. The van der Waals surface area contributed by atoms with Crippen LogP contribution in [0.3, 0.4) is 0 Å². The number of fused-ring (bicyclic) bond motifs is 5. The molecule has 0 radical (unpaired) electrons. The average molecular weight is 1450 g/mol. The van der Waals surface area contributed by atoms with Crippen molar-refractivity contribution >= 4 is 140 Å². The van der Waals surface area contributed by atoms with Crippen molar-refractivity contribution in [3.05, 3.63) is 216 Å². The van der Waals surface area contributed by atoms with Gasteiger partial charge >= 0.3 is 12.2 Å². The quantitative estimate of drug-likeness (QED) is 0.110. The van der Waals surface area contributed by atoms with E-state index in [0.717, 1.165) is 96.0 Å². The number of nitrogen functional groups attached to an aromatic ring is 1. The maximum Gasteiger partial charge on any atom is 0.416 e. The number of carbonyl (C=O) groups excluding carboxylic acids is 2. The summed E-state index contributed by atoms with van der Waals surface area (Å²) in [6, 6.07) is 41.0. The molecule has 24 heteroatoms. The number of nitrogens with two attached hydrogens (primary N) is 1. The first kappa shape index (κ1) is 72.5. The first-order valence-corrected chi connectivity index (χ1v) is 36.5. The highest BCUT2D eigenvalue weighted by molar-refractivity contribution is 7.23. The topological polar surface area (TPSA) is 251 Å². The van der Waals surface area contributed by atoms with Crippen molar-refractivity contribution < 1.29 is 19.1 Å². The van der Waals surface area contributed by atoms with E-state index in [9.17, 15) is 9.59 Å². The molecule has 0 aliphatic rings. The van der Waals surface area contributed by atoms with Crippen LogP contribution in [0, 0.1) is 40.0 Å². The Morgan fingerprint density at radius 1 is 0.461 bits per heavy atom. The third kappa shape index (κ3) is 17.9. The molecule has 0 atom stereocenters. The molecule has 2 amide bonds. The first-order valence-electron chi connectivity index (χ1n) is 32.5. The first-order chi connectivity index (χ1) is 48.7. The van der Waals surface area contributed by atoms with Crippen LogP contribution in [0.25, 0.3) is 107 Å². The monoisotopic (exact) mass is 1450 g/mol. The summed E-state index contributed by atoms with van der Waals surface area (Å²) in [7, 11) is 5.50. The van der Waals surface area contributed by atoms with Gasteiger partial charge in [-0.05, 0) is 223 Å². The molecule has 19 nitrogen and oxygen atoms in total. The maximum atomic E-state index is 12.2. The summed E-state index contributed by atoms with van der Waals surface area (Å²) in [5.41, 5.74) is 26.8. The highest BCUT2D eigenvalue weighted by Gasteiger charge is 2.24. The third-order valence-corrected chi connectivity index (χ3v) is 20.8. The predicted molar refractivity (Wildman–Crippen MR) is 423 cm³/mol. The molecule has 102 heavy (non-hydrogen) atoms. The minimum atomic E-state index is -0.536. The van der Waals surface area contributed by atoms with Gasteiger partial charge in [-0.3, -0.25) is 40.5 Å². The van der Waals surface area contributed by atoms with Crippen LogP contribution in [0.15, 0.2) is 183 Å². The van der Waals surface area contributed by atoms with Crippen LogP contribution in [0.2, 0.25) is 0 Å². The summed E-state index contributed by atoms with van der Waals surface area (Å²) in [5.74, 6) is 0. The van der Waals surface area contributed by atoms with Gasteiger partial charge in [0.2, 0.25) is 0 Å². The lowest BCUT2D eigenvalue weighted by Crippen LogP contribution is -2.34. The number of carbonyl (C=O) groups is 2. The number of nitrogens with zero attached hydrogens (tertiary/aromatic N) is 11. The van der Waals surface area contributed by atoms with Crippen molar-refractivity contribution in [1.29, 1.82) is 5.41 Å². The fraction of sp³-hybridized carbons (Fsp3) is 0.205. The van der Waals surface area contributed by atoms with E-state index in [4.69, 9.17) is 20.6 Å². The van der Waals surface area contributed by atoms with Crippen molar-refractivity contribution in [3.8, 4) is 55.6 Å². The summed E-state index contributed by atoms with van der Waals surface area (Å²) >= 11 is 7.58. The lowest BCUT2D eigenvalue weighted by molar-refractivity contribution is 0.0587. The Labute approximate surface area is 611 Å². The molecule has 15 aromatic rings. The predicted octanol–water partition coefficient (Wildman–Crippen LogP) is 20.1. The van der Waals surface area contributed by atoms with Crippen molar-refractivity contribution in [1.82, 2.24) is 49.4 Å². The second-order valence-electron chi connectivity index (χ2n) is 25.8. The van der Waals surface area contributed by atoms with Crippen LogP contribution in [0.5, 0.6) is 0 Å². The number of thiazole rings is 5. The van der Waals surface area contributed by atoms with Gasteiger partial charge in [0.05, 0.1) is 51.1 Å². The number of rotatable bonds is 8. The van der Waals surface area contributed by atoms with Gasteiger partial charge in [0, 0.05) is 111 Å². The van der Waals surface area contributed by atoms with E-state index in [-0.39, 0.29) is 0 Å². The minimum absolute atomic E-state index is 0.408. The summed E-state index contributed by atoms with van der Waals surface area (Å²) in [5, 5.41) is 16.3. The van der Waals surface area contributed by atoms with Crippen LogP contribution < -0.4 is 26.1 Å². The van der Waals surface area contributed by atoms with E-state index in [0.29, 0.717) is 20.2 Å². The number of hydrogen-bond donors (Lipinski definition) is 4. The Kier molecular flexibility index (Phi) is 22.3. The molecule has 0 spiro atoms. The standard InChI is InChI=1S/C19H21N3O2S.C18H19N3O2S.2C14H13N3S.C13H11N3S/c1-12-8-9-20-11-14(12)13-6-7-15-16(10-13)25-17(21-15)22(5)18(23)24-19(2,3)4;1-11-7-8-19-10-13(11)12-5-6-14-15(9-12)24-16(20-14)21-17(22)23-18(2,3)4;1-9-5-6-16-8-11(9)10-3-4-12-13(7-10)18-14(15)17(12)2;1-9-5-6-16-8-11(9)10-3-4-12-13(7-10)18-14(15-2)17-12;1-8-4-5-15-7-10(8)9-2-3-11-12(6-9)17-13(14)16-11/h6-11H,1-5H3;5-10H,1-4H3,(H,20,21,22);3-8,15H,1-2H3;3-8H,1-2H3,(H,15,17);2-7H,1H3,(H2,14,16). The third-order valence-electron chi connectivity index (χ3n) is 15.9. The Hall–Kier alpha value is -10.8. The molecule has 0 fully saturated rings. The number of hydrogen-bond acceptors (Lipinski definition) is 21. The second-order valence-corrected chi connectivity index (χ2v) is 31.0. The van der Waals surface area contributed by atoms with E-state index in [1.54, 1.807) is 30.8 Å². The van der Waals surface area contributed by atoms with Gasteiger partial charge in [0.1, 0.15) is 11.2 Å². The lowest BCUT2D eigenvalue weighted by Gasteiger charge is -2.23. The molecular formula is C78H77N15O4S5. The number of nitrogens with one attached hydrogen (secondary N) is 3. The smallest absolute Gasteiger partial charge is 0.416 e. The van der Waals surface area contributed by atoms with Crippen molar-refractivity contribution in [2.75, 3.05) is 35.4 Å². The summed E-state index contributed by atoms with van der Waals surface area (Å²) < 4.78 is 18.0. The Bertz CT molecular complexity index is 5590. The lowest BCUT2D eigenvalue weighted by atomic mass is 10.0. The van der Waals surface area contributed by atoms with Crippen LogP contribution in [-0.4, -0.2) is 86.9 Å². The number of pyridine rings is 5. The molecule has 0 aliphatic heterocycles. The SMILES string of the molecule is CNc1nc2ccc(-c3cnccc3C)cc2s1.Cc1ccncc1-c1ccc2c(c1)sc(=N)n2C.Cc1ccncc1-c1ccc2nc(N(C)C(=O)OC(C)(C)C)sc2c1.Cc1ccncc1-c1ccc2nc(N)sc2c1.Cc1ccncc1-c1ccc2nc(NC(=O)OC(C)(C)C)sc2c1. The van der Waals surface area contributed by atoms with Crippen LogP contribution in [-0.2, 0) is 16.5 Å². The Morgan fingerprint density at radius 2 is 0.814 bits per heavy atom. The second kappa shape index (κ2) is 31.4. The highest BCUT2D eigenvalue weighted by Crippen LogP contribution is 2.37. The van der Waals surface area contributed by atoms with Crippen LogP contribution >= 0.6 is 56.7 Å². The van der Waals surface area contributed by atoms with Gasteiger partial charge in [-0.1, -0.05) is 87.0 Å². The van der Waals surface area contributed by atoms with Gasteiger partial charge in [-0.2, -0.15) is 0 Å². The normalized spacial score (nSPS) is 11.2. The molecule has 10 aromatic heterocycles. The van der Waals surface area contributed by atoms with Crippen molar-refractivity contribution in [2.24, 2.45) is 7.05 Å². The van der Waals surface area contributed by atoms with E-state index >= 15 is 0 Å². The fourth-order valence-corrected chi connectivity index (χ4v) is 15.0. The van der Waals surface area contributed by atoms with Gasteiger partial charge in [-0.25, -0.2) is 29.5 Å². The molecule has 518 valence electrons. The molecule has 0 aliphatic carbocycles. The number of aromatic nitrogens is 10. The van der Waals surface area contributed by atoms with Gasteiger partial charge in [0.25, 0.3) is 0 Å². The number of amides is 2. The van der Waals surface area contributed by atoms with Gasteiger partial charge in [-0.15, -0.1) is 0 Å². The molecule has 10 heterocycles. The molecule has 0 saturated heterocycles. The van der Waals surface area contributed by atoms with Gasteiger partial charge < -0.3 is 25.1 Å². The van der Waals surface area contributed by atoms with Crippen LogP contribution in [0.4, 0.5) is 30.1 Å². The van der Waals surface area contributed by atoms with E-state index in [1.807, 2.05) is 170 Å². The summed E-state index contributed by atoms with van der Waals surface area (Å²) in [4.78, 5) is 64.8.